The third kappa shape index (κ3) is 2.44. The molecule has 3 aromatic rings. The molecule has 116 valence electrons. The molecule has 0 spiro atoms. The minimum Gasteiger partial charge on any atom is -0.305 e. The molecule has 0 saturated carbocycles. The van der Waals surface area contributed by atoms with Crippen LogP contribution >= 0.6 is 0 Å². The first-order valence-corrected chi connectivity index (χ1v) is 7.20. The zero-order valence-corrected chi connectivity index (χ0v) is 12.1. The maximum absolute atomic E-state index is 13.6. The van der Waals surface area contributed by atoms with Crippen LogP contribution in [-0.2, 0) is 6.54 Å². The Hall–Kier alpha value is -2.80. The van der Waals surface area contributed by atoms with E-state index in [1.807, 2.05) is 4.68 Å². The van der Waals surface area contributed by atoms with E-state index in [4.69, 9.17) is 0 Å². The van der Waals surface area contributed by atoms with Crippen molar-refractivity contribution in [1.82, 2.24) is 20.2 Å². The summed E-state index contributed by atoms with van der Waals surface area (Å²) in [7, 11) is 0. The number of hydrogen-bond acceptors (Lipinski definition) is 4. The normalized spacial score (nSPS) is 13.5. The monoisotopic (exact) mass is 313 g/mol. The molecule has 5 nitrogen and oxygen atoms in total. The Morgan fingerprint density at radius 3 is 2.65 bits per heavy atom. The lowest BCUT2D eigenvalue weighted by molar-refractivity contribution is 0.547. The number of hydrogen-bond donors (Lipinski definition) is 2. The Labute approximate surface area is 130 Å². The quantitative estimate of drug-likeness (QED) is 0.714. The molecule has 0 fully saturated rings. The van der Waals surface area contributed by atoms with Crippen LogP contribution in [0.5, 0.6) is 0 Å². The fourth-order valence-electron chi connectivity index (χ4n) is 2.70. The molecule has 0 radical (unpaired) electrons. The Morgan fingerprint density at radius 2 is 1.87 bits per heavy atom. The highest BCUT2D eigenvalue weighted by atomic mass is 19.1. The number of fused-ring (bicyclic) bond motifs is 1. The molecule has 1 aromatic carbocycles. The van der Waals surface area contributed by atoms with E-state index >= 15 is 0 Å². The number of anilines is 1. The smallest absolute Gasteiger partial charge is 0.213 e. The molecule has 3 heterocycles. The van der Waals surface area contributed by atoms with Gasteiger partial charge in [-0.25, -0.2) is 19.5 Å². The highest BCUT2D eigenvalue weighted by Crippen LogP contribution is 2.38. The molecule has 0 saturated heterocycles. The second-order valence-corrected chi connectivity index (χ2v) is 5.22. The maximum atomic E-state index is 13.6. The predicted octanol–water partition coefficient (Wildman–Crippen LogP) is 2.82. The van der Waals surface area contributed by atoms with Gasteiger partial charge in [0.1, 0.15) is 17.3 Å². The number of benzene rings is 1. The molecule has 2 N–H and O–H groups in total. The van der Waals surface area contributed by atoms with Crippen LogP contribution in [0.4, 0.5) is 14.6 Å². The van der Waals surface area contributed by atoms with Crippen molar-refractivity contribution in [3.63, 3.8) is 0 Å². The molecule has 4 rings (SSSR count). The first kappa shape index (κ1) is 13.8. The summed E-state index contributed by atoms with van der Waals surface area (Å²) in [5.74, 6) is -0.119. The number of nitrogens with one attached hydrogen (secondary N) is 2. The fraction of sp³-hybridized carbons (Fsp3) is 0.125. The standard InChI is InChI=1S/C16H13F2N5/c17-12-3-1-10(2-4-12)15-14(11-5-6-19-13(18)9-11)16-21-20-7-8-23(16)22-15/h1-6,9,20-21H,7-8H2. The van der Waals surface area contributed by atoms with Crippen LogP contribution in [0.25, 0.3) is 22.4 Å². The van der Waals surface area contributed by atoms with Crippen molar-refractivity contribution in [2.45, 2.75) is 6.54 Å². The summed E-state index contributed by atoms with van der Waals surface area (Å²) in [5.41, 5.74) is 8.99. The summed E-state index contributed by atoms with van der Waals surface area (Å²) < 4.78 is 28.6. The molecule has 0 bridgehead atoms. The van der Waals surface area contributed by atoms with Gasteiger partial charge in [0.15, 0.2) is 0 Å². The van der Waals surface area contributed by atoms with Gasteiger partial charge in [0.25, 0.3) is 0 Å². The van der Waals surface area contributed by atoms with Gasteiger partial charge in [-0.05, 0) is 35.9 Å². The predicted molar refractivity (Wildman–Crippen MR) is 82.4 cm³/mol. The SMILES string of the molecule is Fc1ccc(-c2nn3c(c2-c2ccnc(F)c2)NNCC3)cc1. The zero-order valence-electron chi connectivity index (χ0n) is 12.1. The minimum atomic E-state index is -0.559. The lowest BCUT2D eigenvalue weighted by Gasteiger charge is -2.18. The Bertz CT molecular complexity index is 857. The average Bonchev–Trinajstić information content (AvgIpc) is 2.95. The van der Waals surface area contributed by atoms with Gasteiger partial charge in [-0.15, -0.1) is 0 Å². The van der Waals surface area contributed by atoms with E-state index in [0.717, 1.165) is 23.5 Å². The highest BCUT2D eigenvalue weighted by Gasteiger charge is 2.23. The van der Waals surface area contributed by atoms with Crippen molar-refractivity contribution in [1.29, 1.82) is 0 Å². The van der Waals surface area contributed by atoms with E-state index in [9.17, 15) is 8.78 Å². The summed E-state index contributed by atoms with van der Waals surface area (Å²) in [6, 6.07) is 9.19. The molecule has 2 aromatic heterocycles. The van der Waals surface area contributed by atoms with E-state index in [1.165, 1.54) is 24.4 Å². The van der Waals surface area contributed by atoms with E-state index in [2.05, 4.69) is 20.9 Å². The van der Waals surface area contributed by atoms with Crippen LogP contribution < -0.4 is 10.9 Å². The fourth-order valence-corrected chi connectivity index (χ4v) is 2.70. The first-order chi connectivity index (χ1) is 11.2. The van der Waals surface area contributed by atoms with Crippen molar-refractivity contribution in [2.24, 2.45) is 0 Å². The van der Waals surface area contributed by atoms with Crippen LogP contribution in [0.2, 0.25) is 0 Å². The van der Waals surface area contributed by atoms with Gasteiger partial charge < -0.3 is 5.43 Å². The van der Waals surface area contributed by atoms with Crippen molar-refractivity contribution >= 4 is 5.82 Å². The van der Waals surface area contributed by atoms with E-state index in [1.54, 1.807) is 18.2 Å². The number of halogens is 2. The number of hydrazine groups is 1. The van der Waals surface area contributed by atoms with E-state index < -0.39 is 5.95 Å². The maximum Gasteiger partial charge on any atom is 0.213 e. The van der Waals surface area contributed by atoms with Gasteiger partial charge in [0.2, 0.25) is 5.95 Å². The second kappa shape index (κ2) is 5.44. The molecule has 7 heteroatoms. The van der Waals surface area contributed by atoms with Gasteiger partial charge >= 0.3 is 0 Å². The Morgan fingerprint density at radius 1 is 1.04 bits per heavy atom. The van der Waals surface area contributed by atoms with Crippen molar-refractivity contribution in [3.05, 3.63) is 54.4 Å². The molecule has 0 aliphatic carbocycles. The topological polar surface area (TPSA) is 54.8 Å². The molecular weight excluding hydrogens is 300 g/mol. The highest BCUT2D eigenvalue weighted by molar-refractivity contribution is 5.88. The second-order valence-electron chi connectivity index (χ2n) is 5.22. The average molecular weight is 313 g/mol. The number of rotatable bonds is 2. The molecule has 0 unspecified atom stereocenters. The van der Waals surface area contributed by atoms with Crippen molar-refractivity contribution in [2.75, 3.05) is 12.0 Å². The largest absolute Gasteiger partial charge is 0.305 e. The summed E-state index contributed by atoms with van der Waals surface area (Å²) in [4.78, 5) is 3.60. The van der Waals surface area contributed by atoms with Gasteiger partial charge in [0, 0.05) is 24.4 Å². The Kier molecular flexibility index (Phi) is 3.27. The lowest BCUT2D eigenvalue weighted by atomic mass is 10.0. The van der Waals surface area contributed by atoms with Gasteiger partial charge in [-0.1, -0.05) is 0 Å². The molecule has 1 aliphatic heterocycles. The van der Waals surface area contributed by atoms with Crippen LogP contribution in [0, 0.1) is 11.8 Å². The van der Waals surface area contributed by atoms with Crippen LogP contribution in [0.1, 0.15) is 0 Å². The lowest BCUT2D eigenvalue weighted by Crippen LogP contribution is -2.33. The summed E-state index contributed by atoms with van der Waals surface area (Å²) in [6.07, 6.45) is 1.42. The molecule has 1 aliphatic rings. The summed E-state index contributed by atoms with van der Waals surface area (Å²) in [5, 5.41) is 4.61. The van der Waals surface area contributed by atoms with Gasteiger partial charge in [-0.2, -0.15) is 9.49 Å². The third-order valence-corrected chi connectivity index (χ3v) is 3.74. The Balaban J connectivity index is 1.95. The van der Waals surface area contributed by atoms with E-state index in [0.29, 0.717) is 17.8 Å². The van der Waals surface area contributed by atoms with Crippen LogP contribution in [0.3, 0.4) is 0 Å². The number of nitrogens with zero attached hydrogens (tertiary/aromatic N) is 3. The minimum absolute atomic E-state index is 0.311. The summed E-state index contributed by atoms with van der Waals surface area (Å²) in [6.45, 7) is 1.41. The van der Waals surface area contributed by atoms with Gasteiger partial charge in [-0.3, -0.25) is 0 Å². The first-order valence-electron chi connectivity index (χ1n) is 7.20. The molecule has 0 atom stereocenters. The van der Waals surface area contributed by atoms with Crippen molar-refractivity contribution < 1.29 is 8.78 Å². The van der Waals surface area contributed by atoms with Crippen LogP contribution in [-0.4, -0.2) is 21.3 Å². The van der Waals surface area contributed by atoms with Crippen molar-refractivity contribution in [3.8, 4) is 22.4 Å². The number of pyridine rings is 1. The molecular formula is C16H13F2N5. The summed E-state index contributed by atoms with van der Waals surface area (Å²) >= 11 is 0. The van der Waals surface area contributed by atoms with E-state index in [-0.39, 0.29) is 5.82 Å². The molecule has 23 heavy (non-hydrogen) atoms. The third-order valence-electron chi connectivity index (χ3n) is 3.74. The van der Waals surface area contributed by atoms with Gasteiger partial charge in [0.05, 0.1) is 12.1 Å². The zero-order chi connectivity index (χ0) is 15.8. The molecule has 0 amide bonds. The van der Waals surface area contributed by atoms with Crippen LogP contribution in [0.15, 0.2) is 42.6 Å². The number of aromatic nitrogens is 3.